The maximum Gasteiger partial charge on any atom is 0.244 e. The second kappa shape index (κ2) is 6.42. The number of carbonyl (C=O) groups excluding carboxylic acids is 1. The molecular weight excluding hydrogens is 312 g/mol. The first kappa shape index (κ1) is 15.4. The van der Waals surface area contributed by atoms with Crippen molar-refractivity contribution in [3.8, 4) is 0 Å². The summed E-state index contributed by atoms with van der Waals surface area (Å²) in [6.45, 7) is 1.61. The lowest BCUT2D eigenvalue weighted by Crippen LogP contribution is -2.50. The Bertz CT molecular complexity index is 594. The van der Waals surface area contributed by atoms with Crippen LogP contribution in [0.3, 0.4) is 0 Å². The minimum Gasteiger partial charge on any atom is -0.378 e. The van der Waals surface area contributed by atoms with Gasteiger partial charge in [0.05, 0.1) is 22.9 Å². The number of hydrogen-bond donors (Lipinski definition) is 1. The molecule has 4 atom stereocenters. The molecule has 23 heavy (non-hydrogen) atoms. The number of hydrogen-bond acceptors (Lipinski definition) is 3. The zero-order chi connectivity index (χ0) is 15.8. The van der Waals surface area contributed by atoms with Crippen molar-refractivity contribution < 1.29 is 9.53 Å². The second-order valence-electron chi connectivity index (χ2n) is 6.85. The number of nitrogens with zero attached hydrogens (tertiary/aromatic N) is 1. The number of amides is 1. The summed E-state index contributed by atoms with van der Waals surface area (Å²) in [5.74, 6) is 0.727. The summed E-state index contributed by atoms with van der Waals surface area (Å²) >= 11 is 6.25. The summed E-state index contributed by atoms with van der Waals surface area (Å²) in [5.41, 5.74) is 0.828. The lowest BCUT2D eigenvalue weighted by Gasteiger charge is -2.34. The number of halogens is 1. The highest BCUT2D eigenvalue weighted by Gasteiger charge is 2.41. The van der Waals surface area contributed by atoms with Crippen LogP contribution in [-0.4, -0.2) is 37.2 Å². The van der Waals surface area contributed by atoms with E-state index in [0.717, 1.165) is 38.1 Å². The van der Waals surface area contributed by atoms with Crippen LogP contribution in [0.1, 0.15) is 32.1 Å². The van der Waals surface area contributed by atoms with E-state index in [1.54, 1.807) is 0 Å². The third-order valence-electron chi connectivity index (χ3n) is 5.55. The summed E-state index contributed by atoms with van der Waals surface area (Å²) in [5, 5.41) is 4.29. The van der Waals surface area contributed by atoms with Gasteiger partial charge in [-0.1, -0.05) is 23.7 Å². The van der Waals surface area contributed by atoms with Gasteiger partial charge in [-0.25, -0.2) is 0 Å². The lowest BCUT2D eigenvalue weighted by molar-refractivity contribution is -0.119. The fourth-order valence-corrected chi connectivity index (χ4v) is 4.62. The first-order valence-electron chi connectivity index (χ1n) is 8.67. The van der Waals surface area contributed by atoms with Crippen molar-refractivity contribution in [2.45, 2.75) is 50.3 Å². The zero-order valence-electron chi connectivity index (χ0n) is 13.2. The van der Waals surface area contributed by atoms with Crippen LogP contribution in [0, 0.1) is 5.92 Å². The van der Waals surface area contributed by atoms with E-state index in [2.05, 4.69) is 5.32 Å². The molecule has 3 fully saturated rings. The molecule has 0 aromatic heterocycles. The van der Waals surface area contributed by atoms with Gasteiger partial charge in [-0.05, 0) is 44.2 Å². The van der Waals surface area contributed by atoms with E-state index < -0.39 is 0 Å². The third kappa shape index (κ3) is 2.88. The van der Waals surface area contributed by atoms with Gasteiger partial charge in [0.25, 0.3) is 0 Å². The van der Waals surface area contributed by atoms with E-state index in [9.17, 15) is 4.79 Å². The molecule has 124 valence electrons. The number of fused-ring (bicyclic) bond motifs is 1. The molecule has 1 saturated carbocycles. The predicted octanol–water partition coefficient (Wildman–Crippen LogP) is 2.99. The Hall–Kier alpha value is -1.10. The smallest absolute Gasteiger partial charge is 0.244 e. The molecule has 2 heterocycles. The molecule has 4 nitrogen and oxygen atoms in total. The molecule has 0 radical (unpaired) electrons. The van der Waals surface area contributed by atoms with Crippen LogP contribution >= 0.6 is 11.6 Å². The summed E-state index contributed by atoms with van der Waals surface area (Å²) in [6, 6.07) is 7.91. The quantitative estimate of drug-likeness (QED) is 0.924. The number of carbonyl (C=O) groups is 1. The SMILES string of the molecule is O=C1[C@H](N[C@@H]2CCC[C@H]3OCC[C@@H]23)CCN1c1ccccc1Cl. The van der Waals surface area contributed by atoms with Crippen LogP contribution in [0.4, 0.5) is 5.69 Å². The minimum absolute atomic E-state index is 0.0874. The number of para-hydroxylation sites is 1. The van der Waals surface area contributed by atoms with Gasteiger partial charge >= 0.3 is 0 Å². The third-order valence-corrected chi connectivity index (χ3v) is 5.86. The van der Waals surface area contributed by atoms with Crippen molar-refractivity contribution >= 4 is 23.2 Å². The van der Waals surface area contributed by atoms with Crippen molar-refractivity contribution in [1.82, 2.24) is 5.32 Å². The van der Waals surface area contributed by atoms with Crippen molar-refractivity contribution in [2.24, 2.45) is 5.92 Å². The molecule has 0 spiro atoms. The van der Waals surface area contributed by atoms with Crippen LogP contribution in [-0.2, 0) is 9.53 Å². The minimum atomic E-state index is -0.0874. The summed E-state index contributed by atoms with van der Waals surface area (Å²) in [6.07, 6.45) is 5.88. The van der Waals surface area contributed by atoms with Crippen LogP contribution in [0.5, 0.6) is 0 Å². The molecule has 0 unspecified atom stereocenters. The van der Waals surface area contributed by atoms with E-state index in [4.69, 9.17) is 16.3 Å². The molecule has 4 rings (SSSR count). The van der Waals surface area contributed by atoms with Crippen molar-refractivity contribution in [3.05, 3.63) is 29.3 Å². The van der Waals surface area contributed by atoms with E-state index in [-0.39, 0.29) is 11.9 Å². The number of ether oxygens (including phenoxy) is 1. The standard InChI is InChI=1S/C18H23ClN2O2/c19-13-4-1-2-6-16(13)21-10-8-15(18(21)22)20-14-5-3-7-17-12(14)9-11-23-17/h1-2,4,6,12,14-15,17,20H,3,5,7-11H2/t12-,14+,15+,17+/m0/s1. The fourth-order valence-electron chi connectivity index (χ4n) is 4.39. The predicted molar refractivity (Wildman–Crippen MR) is 90.8 cm³/mol. The topological polar surface area (TPSA) is 41.6 Å². The van der Waals surface area contributed by atoms with Gasteiger partial charge in [0.2, 0.25) is 5.91 Å². The number of nitrogens with one attached hydrogen (secondary N) is 1. The highest BCUT2D eigenvalue weighted by Crippen LogP contribution is 2.35. The maximum atomic E-state index is 12.8. The molecule has 1 aliphatic carbocycles. The first-order chi connectivity index (χ1) is 11.2. The number of anilines is 1. The largest absolute Gasteiger partial charge is 0.378 e. The Labute approximate surface area is 142 Å². The van der Waals surface area contributed by atoms with Crippen LogP contribution in [0.25, 0.3) is 0 Å². The molecule has 3 aliphatic rings. The summed E-state index contributed by atoms with van der Waals surface area (Å²) < 4.78 is 5.83. The Morgan fingerprint density at radius 1 is 1.17 bits per heavy atom. The molecule has 1 aromatic carbocycles. The highest BCUT2D eigenvalue weighted by molar-refractivity contribution is 6.33. The first-order valence-corrected chi connectivity index (χ1v) is 9.05. The molecule has 0 bridgehead atoms. The number of benzene rings is 1. The average molecular weight is 335 g/mol. The second-order valence-corrected chi connectivity index (χ2v) is 7.26. The monoisotopic (exact) mass is 334 g/mol. The van der Waals surface area contributed by atoms with E-state index in [0.29, 0.717) is 23.1 Å². The van der Waals surface area contributed by atoms with Crippen LogP contribution < -0.4 is 10.2 Å². The average Bonchev–Trinajstić information content (AvgIpc) is 3.17. The molecule has 2 saturated heterocycles. The van der Waals surface area contributed by atoms with Gasteiger partial charge in [-0.15, -0.1) is 0 Å². The molecule has 1 amide bonds. The Balaban J connectivity index is 1.45. The van der Waals surface area contributed by atoms with Crippen molar-refractivity contribution in [2.75, 3.05) is 18.1 Å². The zero-order valence-corrected chi connectivity index (χ0v) is 14.0. The molecule has 1 aromatic rings. The van der Waals surface area contributed by atoms with Gasteiger partial charge in [-0.3, -0.25) is 4.79 Å². The van der Waals surface area contributed by atoms with E-state index in [1.807, 2.05) is 29.2 Å². The van der Waals surface area contributed by atoms with E-state index >= 15 is 0 Å². The number of rotatable bonds is 3. The normalized spacial score (nSPS) is 34.0. The van der Waals surface area contributed by atoms with E-state index in [1.165, 1.54) is 12.8 Å². The van der Waals surface area contributed by atoms with Crippen molar-refractivity contribution in [1.29, 1.82) is 0 Å². The van der Waals surface area contributed by atoms with Crippen molar-refractivity contribution in [3.63, 3.8) is 0 Å². The Morgan fingerprint density at radius 2 is 2.04 bits per heavy atom. The van der Waals surface area contributed by atoms with Gasteiger partial charge in [-0.2, -0.15) is 0 Å². The molecule has 2 aliphatic heterocycles. The van der Waals surface area contributed by atoms with Crippen LogP contribution in [0.2, 0.25) is 5.02 Å². The van der Waals surface area contributed by atoms with Gasteiger partial charge < -0.3 is 15.0 Å². The lowest BCUT2D eigenvalue weighted by atomic mass is 9.81. The summed E-state index contributed by atoms with van der Waals surface area (Å²) in [4.78, 5) is 14.6. The Morgan fingerprint density at radius 3 is 2.91 bits per heavy atom. The summed E-state index contributed by atoms with van der Waals surface area (Å²) in [7, 11) is 0. The highest BCUT2D eigenvalue weighted by atomic mass is 35.5. The molecule has 1 N–H and O–H groups in total. The van der Waals surface area contributed by atoms with Crippen LogP contribution in [0.15, 0.2) is 24.3 Å². The fraction of sp³-hybridized carbons (Fsp3) is 0.611. The van der Waals surface area contributed by atoms with Gasteiger partial charge in [0.15, 0.2) is 0 Å². The Kier molecular flexibility index (Phi) is 4.31. The molecule has 5 heteroatoms. The van der Waals surface area contributed by atoms with Gasteiger partial charge in [0, 0.05) is 25.1 Å². The van der Waals surface area contributed by atoms with Gasteiger partial charge in [0.1, 0.15) is 0 Å². The molecular formula is C18H23ClN2O2. The maximum absolute atomic E-state index is 12.8.